The second-order valence-corrected chi connectivity index (χ2v) is 35.2. The van der Waals surface area contributed by atoms with Crippen molar-refractivity contribution in [1.29, 1.82) is 0 Å². The average Bonchev–Trinajstić information content (AvgIpc) is 1.11. The predicted molar refractivity (Wildman–Crippen MR) is 562 cm³/mol. The Morgan fingerprint density at radius 2 is 0.320 bits per heavy atom. The first-order chi connectivity index (χ1) is 61.0. The number of anilines is 14. The summed E-state index contributed by atoms with van der Waals surface area (Å²) < 4.78 is 1.49. The summed E-state index contributed by atoms with van der Waals surface area (Å²) in [6, 6.07) is 96.9. The van der Waals surface area contributed by atoms with Crippen LogP contribution in [0.5, 0.6) is 0 Å². The minimum absolute atomic E-state index is 0.792. The lowest BCUT2D eigenvalue weighted by Gasteiger charge is -2.28. The highest BCUT2D eigenvalue weighted by atomic mass is 32.1. The van der Waals surface area contributed by atoms with Gasteiger partial charge in [0.25, 0.3) is 0 Å². The number of aryl methyl sites for hydroxylation is 11. The molecule has 16 aromatic rings. The number of thiophene rings is 1. The van der Waals surface area contributed by atoms with Crippen LogP contribution in [0.3, 0.4) is 0 Å². The third-order valence-electron chi connectivity index (χ3n) is 26.5. The molecule has 16 rings (SSSR count). The average molecular weight is 1710 g/mol. The van der Waals surface area contributed by atoms with E-state index < -0.39 is 0 Å². The maximum atomic E-state index is 4.01. The van der Waals surface area contributed by atoms with Gasteiger partial charge >= 0.3 is 0 Å². The molecule has 0 amide bonds. The maximum absolute atomic E-state index is 4.01. The summed E-state index contributed by atoms with van der Waals surface area (Å²) in [5.74, 6) is 2.38. The highest BCUT2D eigenvalue weighted by Gasteiger charge is 2.20. The molecule has 0 radical (unpaired) electrons. The van der Waals surface area contributed by atoms with Gasteiger partial charge in [-0.2, -0.15) is 0 Å². The Hall–Kier alpha value is -13.1. The van der Waals surface area contributed by atoms with Gasteiger partial charge in [0, 0.05) is 139 Å². The second-order valence-electron chi connectivity index (χ2n) is 34.0. The molecule has 2 aromatic heterocycles. The van der Waals surface area contributed by atoms with Crippen LogP contribution in [0.2, 0.25) is 0 Å². The Kier molecular flexibility index (Phi) is 33.7. The second kappa shape index (κ2) is 44.4. The van der Waals surface area contributed by atoms with Crippen molar-refractivity contribution in [3.8, 4) is 0 Å². The van der Waals surface area contributed by atoms with Crippen molar-refractivity contribution in [2.75, 3.05) is 83.6 Å². The van der Waals surface area contributed by atoms with Gasteiger partial charge in [0.1, 0.15) is 17.5 Å². The Morgan fingerprint density at radius 1 is 0.156 bits per heavy atom. The summed E-state index contributed by atoms with van der Waals surface area (Å²) in [5, 5.41) is 4.46. The molecule has 0 bridgehead atoms. The Labute approximate surface area is 771 Å². The van der Waals surface area contributed by atoms with E-state index in [2.05, 4.69) is 474 Å². The topological polar surface area (TPSA) is 61.4 Å². The van der Waals surface area contributed by atoms with Crippen LogP contribution in [0.25, 0.3) is 20.9 Å². The molecule has 0 spiro atoms. The van der Waals surface area contributed by atoms with E-state index in [0.29, 0.717) is 0 Å². The van der Waals surface area contributed by atoms with Crippen LogP contribution in [0.1, 0.15) is 128 Å². The lowest BCUT2D eigenvalue weighted by atomic mass is 9.83. The van der Waals surface area contributed by atoms with E-state index in [4.69, 9.17) is 0 Å². The van der Waals surface area contributed by atoms with E-state index >= 15 is 0 Å². The quantitative estimate of drug-likeness (QED) is 0.105. The van der Waals surface area contributed by atoms with Gasteiger partial charge in [0.2, 0.25) is 0 Å². The summed E-state index contributed by atoms with van der Waals surface area (Å²) >= 11 is 1.94. The van der Waals surface area contributed by atoms with Gasteiger partial charge in [-0.25, -0.2) is 15.0 Å². The molecule has 128 heavy (non-hydrogen) atoms. The number of nitrogens with zero attached hydrogens (tertiary/aromatic N) is 10. The molecule has 0 N–H and O–H groups in total. The van der Waals surface area contributed by atoms with Crippen LogP contribution in [-0.4, -0.2) is 64.3 Å². The van der Waals surface area contributed by atoms with Crippen molar-refractivity contribution >= 4 is 112 Å². The summed E-state index contributed by atoms with van der Waals surface area (Å²) in [5.41, 5.74) is 44.0. The fraction of sp³-hybridized carbons (Fsp3) is 0.256. The zero-order valence-corrected chi connectivity index (χ0v) is 82.8. The summed E-state index contributed by atoms with van der Waals surface area (Å²) in [6.45, 7) is 50.4. The van der Waals surface area contributed by atoms with E-state index in [-0.39, 0.29) is 0 Å². The fourth-order valence-corrected chi connectivity index (χ4v) is 17.8. The van der Waals surface area contributed by atoms with Crippen molar-refractivity contribution in [2.45, 2.75) is 159 Å². The van der Waals surface area contributed by atoms with Crippen molar-refractivity contribution in [3.05, 3.63) is 407 Å². The van der Waals surface area contributed by atoms with Crippen LogP contribution in [0, 0.1) is 159 Å². The van der Waals surface area contributed by atoms with E-state index in [1.54, 1.807) is 0 Å². The number of rotatable bonds is 14. The molecular weight excluding hydrogens is 1580 g/mol. The fourth-order valence-electron chi connectivity index (χ4n) is 16.5. The highest BCUT2D eigenvalue weighted by Crippen LogP contribution is 2.42. The smallest absolute Gasteiger partial charge is 0.129 e. The van der Waals surface area contributed by atoms with E-state index in [0.717, 1.165) is 51.6 Å². The lowest BCUT2D eigenvalue weighted by Crippen LogP contribution is -2.16. The first kappa shape index (κ1) is 97.1. The minimum Gasteiger partial charge on any atom is -0.345 e. The molecule has 0 saturated carbocycles. The standard InChI is InChI=1S/C27H27N3.2C20H20N2.C18H24.C14H18S.C12H18.C6H9N3/c1-28(22-13-7-4-8-14-22)25-19-26(29(2)23-15-9-5-10-16-23)21-27(20-25)30(3)24-17-11-6-12-18-24;1-21(17-10-5-3-6-11-17)19-14-9-15-20(16-19)22(2)18-12-7-4-8-13-18;1-21(17-9-5-3-6-10-17)19-13-15-20(16-14-19)22(2)18-11-7-4-8-12-18;1-9-10(2)14(6)18-16(8)12(4)11(3)15(7)17(18)13(9)5;1-7-8(2)10(4)14-13(9(7)3)11(5)12(6)15-14;1-7-8(2)10(4)12(6)11(5)9(7)3;1-4-7-5(2)9-6(3)8-4/h4-21H,1-3H3;2*3-16H,1-2H3;1-8H3;1-6H3;1-6H3;1-3H3. The maximum Gasteiger partial charge on any atom is 0.129 e. The van der Waals surface area contributed by atoms with Crippen LogP contribution >= 0.6 is 11.3 Å². The van der Waals surface area contributed by atoms with E-state index in [9.17, 15) is 0 Å². The molecule has 0 unspecified atom stereocenters. The number of hydrogen-bond donors (Lipinski definition) is 0. The Bertz CT molecular complexity index is 5820. The number of para-hydroxylation sites is 7. The van der Waals surface area contributed by atoms with Gasteiger partial charge in [0.15, 0.2) is 0 Å². The van der Waals surface area contributed by atoms with Gasteiger partial charge in [-0.3, -0.25) is 0 Å². The molecule has 0 atom stereocenters. The molecule has 0 fully saturated rings. The largest absolute Gasteiger partial charge is 0.345 e. The van der Waals surface area contributed by atoms with Crippen molar-refractivity contribution in [3.63, 3.8) is 0 Å². The molecular formula is C117H136N10S. The lowest BCUT2D eigenvalue weighted by molar-refractivity contribution is 0.875. The van der Waals surface area contributed by atoms with E-state index in [1.807, 2.05) is 74.6 Å². The number of aromatic nitrogens is 3. The normalized spacial score (nSPS) is 10.6. The summed E-state index contributed by atoms with van der Waals surface area (Å²) in [6.07, 6.45) is 0. The summed E-state index contributed by atoms with van der Waals surface area (Å²) in [7, 11) is 14.7. The van der Waals surface area contributed by atoms with Crippen LogP contribution < -0.4 is 34.3 Å². The van der Waals surface area contributed by atoms with E-state index in [1.165, 1.54) is 177 Å². The molecule has 11 heteroatoms. The van der Waals surface area contributed by atoms with Gasteiger partial charge in [-0.15, -0.1) is 11.3 Å². The zero-order valence-electron chi connectivity index (χ0n) is 81.9. The monoisotopic (exact) mass is 1710 g/mol. The van der Waals surface area contributed by atoms with Crippen molar-refractivity contribution < 1.29 is 0 Å². The first-order valence-electron chi connectivity index (χ1n) is 44.5. The highest BCUT2D eigenvalue weighted by molar-refractivity contribution is 7.19. The number of fused-ring (bicyclic) bond motifs is 2. The Balaban J connectivity index is 0.000000160. The van der Waals surface area contributed by atoms with Gasteiger partial charge < -0.3 is 34.3 Å². The number of hydrogen-bond acceptors (Lipinski definition) is 11. The molecule has 0 aliphatic carbocycles. The third-order valence-corrected chi connectivity index (χ3v) is 27.9. The molecule has 0 aliphatic heterocycles. The number of benzene rings is 14. The third kappa shape index (κ3) is 23.2. The molecule has 14 aromatic carbocycles. The SMILES string of the molecule is CN(c1ccccc1)c1cc(N(C)c2ccccc2)cc(N(C)c2ccccc2)c1.CN(c1ccccc1)c1ccc(N(C)c2ccccc2)cc1.CN(c1ccccc1)c1cccc(N(C)c2ccccc2)c1.Cc1c(C)c(C)c(C)c(C)c1C.Cc1c(C)c(C)c2c(C)c(C)c(C)c(C)c2c1C.Cc1nc(C)nc(C)n1.Cc1sc2c(C)c(C)c(C)c(C)c2c1C. The molecule has 0 aliphatic rings. The Morgan fingerprint density at radius 3 is 0.547 bits per heavy atom. The van der Waals surface area contributed by atoms with Crippen molar-refractivity contribution in [2.24, 2.45) is 0 Å². The van der Waals surface area contributed by atoms with Crippen molar-refractivity contribution in [1.82, 2.24) is 15.0 Å². The summed E-state index contributed by atoms with van der Waals surface area (Å²) in [4.78, 5) is 28.9. The van der Waals surface area contributed by atoms with Crippen LogP contribution in [0.4, 0.5) is 79.6 Å². The predicted octanol–water partition coefficient (Wildman–Crippen LogP) is 31.8. The molecule has 10 nitrogen and oxygen atoms in total. The van der Waals surface area contributed by atoms with Gasteiger partial charge in [-0.05, 0) is 427 Å². The molecule has 0 saturated heterocycles. The molecule has 660 valence electrons. The van der Waals surface area contributed by atoms with Crippen LogP contribution in [-0.2, 0) is 0 Å². The minimum atomic E-state index is 0.792. The zero-order chi connectivity index (χ0) is 93.1. The molecule has 2 heterocycles. The van der Waals surface area contributed by atoms with Gasteiger partial charge in [-0.1, -0.05) is 133 Å². The first-order valence-corrected chi connectivity index (χ1v) is 45.3. The van der Waals surface area contributed by atoms with Crippen LogP contribution in [0.15, 0.2) is 279 Å². The van der Waals surface area contributed by atoms with Gasteiger partial charge in [0.05, 0.1) is 0 Å².